The summed E-state index contributed by atoms with van der Waals surface area (Å²) in [6, 6.07) is 13.3. The summed E-state index contributed by atoms with van der Waals surface area (Å²) in [5.41, 5.74) is 1.41. The zero-order valence-electron chi connectivity index (χ0n) is 15.3. The summed E-state index contributed by atoms with van der Waals surface area (Å²) >= 11 is 6.37. The number of pyridine rings is 1. The molecule has 3 aromatic heterocycles. The molecule has 1 aromatic carbocycles. The van der Waals surface area contributed by atoms with Crippen LogP contribution in [0, 0.1) is 0 Å². The minimum absolute atomic E-state index is 0.372. The molecule has 30 heavy (non-hydrogen) atoms. The summed E-state index contributed by atoms with van der Waals surface area (Å²) in [7, 11) is 0. The van der Waals surface area contributed by atoms with Crippen molar-refractivity contribution in [1.82, 2.24) is 19.9 Å². The first-order chi connectivity index (χ1) is 14.7. The predicted octanol–water partition coefficient (Wildman–Crippen LogP) is 5.59. The van der Waals surface area contributed by atoms with Gasteiger partial charge in [0, 0.05) is 18.6 Å². The van der Waals surface area contributed by atoms with E-state index in [4.69, 9.17) is 4.74 Å². The van der Waals surface area contributed by atoms with Crippen LogP contribution >= 0.6 is 39.0 Å². The number of rotatable bonds is 5. The normalized spacial score (nSPS) is 17.9. The summed E-state index contributed by atoms with van der Waals surface area (Å²) in [6.07, 6.45) is 6.91. The second-order valence-electron chi connectivity index (χ2n) is 6.15. The number of para-hydroxylation sites is 1. The number of thiazole rings is 1. The SMILES string of the molecule is Brc1cnc(C2(Nc3nc4cccnc4s3)C=NC=CS2)c(Oc2ccccc2)n1. The number of hydrogen-bond acceptors (Lipinski definition) is 9. The van der Waals surface area contributed by atoms with Gasteiger partial charge in [-0.15, -0.1) is 0 Å². The number of hydrogen-bond donors (Lipinski definition) is 1. The number of halogens is 1. The van der Waals surface area contributed by atoms with E-state index in [1.807, 2.05) is 47.9 Å². The fraction of sp³-hybridized carbons (Fsp3) is 0.0500. The average Bonchev–Trinajstić information content (AvgIpc) is 3.17. The van der Waals surface area contributed by atoms with Gasteiger partial charge in [-0.3, -0.25) is 4.99 Å². The first-order valence-corrected chi connectivity index (χ1v) is 11.3. The number of nitrogens with zero attached hydrogens (tertiary/aromatic N) is 5. The molecule has 1 N–H and O–H groups in total. The predicted molar refractivity (Wildman–Crippen MR) is 124 cm³/mol. The minimum atomic E-state index is -0.847. The fourth-order valence-electron chi connectivity index (χ4n) is 2.85. The Morgan fingerprint density at radius 3 is 2.73 bits per heavy atom. The molecule has 4 aromatic rings. The van der Waals surface area contributed by atoms with Gasteiger partial charge in [-0.25, -0.2) is 19.9 Å². The number of thioether (sulfide) groups is 1. The monoisotopic (exact) mass is 496 g/mol. The molecular weight excluding hydrogens is 484 g/mol. The summed E-state index contributed by atoms with van der Waals surface area (Å²) < 4.78 is 6.67. The Bertz CT molecular complexity index is 1230. The van der Waals surface area contributed by atoms with Gasteiger partial charge in [-0.2, -0.15) is 0 Å². The first-order valence-electron chi connectivity index (χ1n) is 8.85. The molecule has 0 saturated carbocycles. The summed E-state index contributed by atoms with van der Waals surface area (Å²) in [5, 5.41) is 6.08. The van der Waals surface area contributed by atoms with Crippen LogP contribution in [0.25, 0.3) is 10.3 Å². The third-order valence-corrected chi connectivity index (χ3v) is 6.44. The van der Waals surface area contributed by atoms with Crippen molar-refractivity contribution >= 4 is 60.7 Å². The maximum atomic E-state index is 6.09. The zero-order chi connectivity index (χ0) is 20.4. The maximum absolute atomic E-state index is 6.09. The summed E-state index contributed by atoms with van der Waals surface area (Å²) in [4.78, 5) is 22.6. The van der Waals surface area contributed by atoms with E-state index in [-0.39, 0.29) is 0 Å². The molecule has 5 rings (SSSR count). The van der Waals surface area contributed by atoms with Crippen molar-refractivity contribution in [1.29, 1.82) is 0 Å². The van der Waals surface area contributed by atoms with E-state index < -0.39 is 4.87 Å². The third kappa shape index (κ3) is 3.81. The molecule has 0 fully saturated rings. The van der Waals surface area contributed by atoms with Crippen LogP contribution in [0.2, 0.25) is 0 Å². The highest BCUT2D eigenvalue weighted by Gasteiger charge is 2.38. The molecule has 0 aliphatic carbocycles. The van der Waals surface area contributed by atoms with Crippen molar-refractivity contribution < 1.29 is 4.74 Å². The van der Waals surface area contributed by atoms with Gasteiger partial charge in [0.25, 0.3) is 0 Å². The molecule has 0 amide bonds. The maximum Gasteiger partial charge on any atom is 0.246 e. The molecule has 1 aliphatic rings. The van der Waals surface area contributed by atoms with Crippen LogP contribution < -0.4 is 10.1 Å². The van der Waals surface area contributed by atoms with Crippen molar-refractivity contribution in [3.05, 3.63) is 76.8 Å². The van der Waals surface area contributed by atoms with Crippen LogP contribution in [0.5, 0.6) is 11.6 Å². The highest BCUT2D eigenvalue weighted by atomic mass is 79.9. The standard InChI is InChI=1S/C20H13BrN6OS2/c21-15-11-24-16(17(26-15)28-13-5-2-1-3-6-13)20(12-22-9-10-29-20)27-19-25-14-7-4-8-23-18(14)30-19/h1-12H,(H,25,27). The van der Waals surface area contributed by atoms with Gasteiger partial charge in [0.05, 0.1) is 6.20 Å². The average molecular weight is 497 g/mol. The van der Waals surface area contributed by atoms with E-state index in [0.29, 0.717) is 27.1 Å². The number of nitrogens with one attached hydrogen (secondary N) is 1. The van der Waals surface area contributed by atoms with E-state index in [1.165, 1.54) is 23.1 Å². The lowest BCUT2D eigenvalue weighted by atomic mass is 10.2. The minimum Gasteiger partial charge on any atom is -0.437 e. The lowest BCUT2D eigenvalue weighted by Crippen LogP contribution is -2.35. The van der Waals surface area contributed by atoms with Crippen LogP contribution in [-0.4, -0.2) is 26.2 Å². The molecule has 1 aliphatic heterocycles. The summed E-state index contributed by atoms with van der Waals surface area (Å²) in [6.45, 7) is 0. The van der Waals surface area contributed by atoms with Gasteiger partial charge in [-0.05, 0) is 45.6 Å². The second kappa shape index (κ2) is 8.13. The highest BCUT2D eigenvalue weighted by Crippen LogP contribution is 2.43. The number of ether oxygens (including phenoxy) is 1. The lowest BCUT2D eigenvalue weighted by molar-refractivity contribution is 0.449. The zero-order valence-corrected chi connectivity index (χ0v) is 18.5. The highest BCUT2D eigenvalue weighted by molar-refractivity contribution is 9.10. The Labute approximate surface area is 188 Å². The molecule has 0 radical (unpaired) electrons. The van der Waals surface area contributed by atoms with E-state index in [2.05, 4.69) is 46.2 Å². The quantitative estimate of drug-likeness (QED) is 0.385. The van der Waals surface area contributed by atoms with Gasteiger partial charge >= 0.3 is 0 Å². The number of aromatic nitrogens is 4. The van der Waals surface area contributed by atoms with E-state index in [1.54, 1.807) is 24.8 Å². The molecular formula is C20H13BrN6OS2. The smallest absolute Gasteiger partial charge is 0.246 e. The van der Waals surface area contributed by atoms with Gasteiger partial charge in [-0.1, -0.05) is 41.3 Å². The molecule has 4 heterocycles. The Morgan fingerprint density at radius 1 is 1.03 bits per heavy atom. The van der Waals surface area contributed by atoms with E-state index >= 15 is 0 Å². The topological polar surface area (TPSA) is 85.2 Å². The molecule has 10 heteroatoms. The summed E-state index contributed by atoms with van der Waals surface area (Å²) in [5.74, 6) is 1.04. The number of anilines is 1. The van der Waals surface area contributed by atoms with Gasteiger partial charge in [0.1, 0.15) is 26.4 Å². The lowest BCUT2D eigenvalue weighted by Gasteiger charge is -2.30. The van der Waals surface area contributed by atoms with Crippen LogP contribution in [0.15, 0.2) is 76.1 Å². The molecule has 0 bridgehead atoms. The molecule has 1 atom stereocenters. The van der Waals surface area contributed by atoms with Crippen molar-refractivity contribution in [3.63, 3.8) is 0 Å². The molecule has 0 saturated heterocycles. The molecule has 1 unspecified atom stereocenters. The number of aliphatic imine (C=N–C) groups is 1. The van der Waals surface area contributed by atoms with E-state index in [0.717, 1.165) is 10.3 Å². The Morgan fingerprint density at radius 2 is 1.93 bits per heavy atom. The van der Waals surface area contributed by atoms with Crippen LogP contribution in [0.4, 0.5) is 5.13 Å². The second-order valence-corrected chi connectivity index (χ2v) is 9.09. The third-order valence-electron chi connectivity index (χ3n) is 4.14. The van der Waals surface area contributed by atoms with Gasteiger partial charge < -0.3 is 10.1 Å². The first kappa shape index (κ1) is 19.2. The molecule has 7 nitrogen and oxygen atoms in total. The van der Waals surface area contributed by atoms with Crippen LogP contribution in [0.1, 0.15) is 5.69 Å². The van der Waals surface area contributed by atoms with Crippen LogP contribution in [-0.2, 0) is 4.87 Å². The number of benzene rings is 1. The van der Waals surface area contributed by atoms with Crippen molar-refractivity contribution in [2.45, 2.75) is 4.87 Å². The van der Waals surface area contributed by atoms with E-state index in [9.17, 15) is 0 Å². The number of fused-ring (bicyclic) bond motifs is 1. The Balaban J connectivity index is 1.59. The fourth-order valence-corrected chi connectivity index (χ4v) is 4.92. The Kier molecular flexibility index (Phi) is 5.19. The molecule has 148 valence electrons. The Hall–Kier alpha value is -2.82. The molecule has 0 spiro atoms. The van der Waals surface area contributed by atoms with Gasteiger partial charge in [0.2, 0.25) is 5.88 Å². The van der Waals surface area contributed by atoms with Crippen molar-refractivity contribution in [2.75, 3.05) is 5.32 Å². The van der Waals surface area contributed by atoms with Crippen molar-refractivity contribution in [3.8, 4) is 11.6 Å². The van der Waals surface area contributed by atoms with Crippen LogP contribution in [0.3, 0.4) is 0 Å². The van der Waals surface area contributed by atoms with Crippen molar-refractivity contribution in [2.24, 2.45) is 4.99 Å². The largest absolute Gasteiger partial charge is 0.437 e. The van der Waals surface area contributed by atoms with Gasteiger partial charge in [0.15, 0.2) is 10.0 Å².